The van der Waals surface area contributed by atoms with Gasteiger partial charge < -0.3 is 5.41 Å². The van der Waals surface area contributed by atoms with Crippen LogP contribution in [0, 0.1) is 17.2 Å². The molecule has 1 aliphatic rings. The molecule has 0 aliphatic carbocycles. The number of rotatable bonds is 9. The Morgan fingerprint density at radius 2 is 1.95 bits per heavy atom. The molecule has 1 rings (SSSR count). The van der Waals surface area contributed by atoms with Gasteiger partial charge in [0.2, 0.25) is 11.8 Å². The standard InChI is InChI=1S/C16H28N2O2S/c1-11(2)8-13(17)6-5-7-21-14-9-15(19)18(16(14)20)10-12(3)4/h11-12,14,17H,5-10H2,1-4H3. The molecule has 21 heavy (non-hydrogen) atoms. The lowest BCUT2D eigenvalue weighted by molar-refractivity contribution is -0.138. The van der Waals surface area contributed by atoms with Gasteiger partial charge in [0.15, 0.2) is 0 Å². The zero-order valence-corrected chi connectivity index (χ0v) is 14.5. The van der Waals surface area contributed by atoms with Crippen LogP contribution in [-0.2, 0) is 9.59 Å². The van der Waals surface area contributed by atoms with Crippen LogP contribution in [0.3, 0.4) is 0 Å². The number of carbonyl (C=O) groups is 2. The molecular weight excluding hydrogens is 284 g/mol. The fourth-order valence-electron chi connectivity index (χ4n) is 2.45. The molecule has 4 nitrogen and oxygen atoms in total. The number of nitrogens with zero attached hydrogens (tertiary/aromatic N) is 1. The summed E-state index contributed by atoms with van der Waals surface area (Å²) in [7, 11) is 0. The Labute approximate surface area is 132 Å². The fraction of sp³-hybridized carbons (Fsp3) is 0.812. The van der Waals surface area contributed by atoms with Crippen LogP contribution in [0.5, 0.6) is 0 Å². The molecule has 1 heterocycles. The van der Waals surface area contributed by atoms with Crippen molar-refractivity contribution in [1.29, 1.82) is 5.41 Å². The van der Waals surface area contributed by atoms with Crippen molar-refractivity contribution in [1.82, 2.24) is 4.90 Å². The van der Waals surface area contributed by atoms with Crippen LogP contribution in [0.15, 0.2) is 0 Å². The van der Waals surface area contributed by atoms with E-state index in [1.807, 2.05) is 13.8 Å². The molecule has 0 bridgehead atoms. The third-order valence-corrected chi connectivity index (χ3v) is 4.64. The zero-order valence-electron chi connectivity index (χ0n) is 13.6. The largest absolute Gasteiger partial charge is 0.310 e. The van der Waals surface area contributed by atoms with Crippen molar-refractivity contribution in [3.63, 3.8) is 0 Å². The summed E-state index contributed by atoms with van der Waals surface area (Å²) in [6, 6.07) is 0. The number of hydrogen-bond donors (Lipinski definition) is 1. The Morgan fingerprint density at radius 1 is 1.29 bits per heavy atom. The van der Waals surface area contributed by atoms with Gasteiger partial charge in [-0.15, -0.1) is 11.8 Å². The third-order valence-electron chi connectivity index (χ3n) is 3.35. The maximum atomic E-state index is 12.2. The summed E-state index contributed by atoms with van der Waals surface area (Å²) in [6.07, 6.45) is 2.92. The van der Waals surface area contributed by atoms with Crippen LogP contribution in [0.4, 0.5) is 0 Å². The zero-order chi connectivity index (χ0) is 16.0. The molecule has 0 spiro atoms. The molecule has 0 saturated carbocycles. The van der Waals surface area contributed by atoms with Gasteiger partial charge in [-0.3, -0.25) is 14.5 Å². The molecule has 0 aromatic heterocycles. The average Bonchev–Trinajstić information content (AvgIpc) is 2.61. The van der Waals surface area contributed by atoms with Crippen molar-refractivity contribution < 1.29 is 9.59 Å². The highest BCUT2D eigenvalue weighted by atomic mass is 32.2. The lowest BCUT2D eigenvalue weighted by atomic mass is 10.0. The minimum absolute atomic E-state index is 0.0176. The van der Waals surface area contributed by atoms with Gasteiger partial charge in [-0.1, -0.05) is 27.7 Å². The summed E-state index contributed by atoms with van der Waals surface area (Å²) in [5, 5.41) is 7.65. The van der Waals surface area contributed by atoms with Crippen molar-refractivity contribution in [2.75, 3.05) is 12.3 Å². The van der Waals surface area contributed by atoms with E-state index in [0.717, 1.165) is 30.7 Å². The Balaban J connectivity index is 2.29. The van der Waals surface area contributed by atoms with Crippen molar-refractivity contribution in [3.8, 4) is 0 Å². The predicted molar refractivity (Wildman–Crippen MR) is 88.8 cm³/mol. The van der Waals surface area contributed by atoms with Crippen molar-refractivity contribution in [2.24, 2.45) is 11.8 Å². The second-order valence-corrected chi connectivity index (χ2v) is 7.92. The Morgan fingerprint density at radius 3 is 2.52 bits per heavy atom. The minimum atomic E-state index is -0.199. The SMILES string of the molecule is CC(C)CC(=N)CCCSC1CC(=O)N(CC(C)C)C1=O. The van der Waals surface area contributed by atoms with E-state index in [1.165, 1.54) is 4.90 Å². The molecule has 2 amide bonds. The molecule has 0 aromatic carbocycles. The second kappa shape index (κ2) is 8.57. The third kappa shape index (κ3) is 6.20. The van der Waals surface area contributed by atoms with Gasteiger partial charge in [0.05, 0.1) is 5.25 Å². The van der Waals surface area contributed by atoms with Gasteiger partial charge in [-0.25, -0.2) is 0 Å². The molecule has 1 aliphatic heterocycles. The van der Waals surface area contributed by atoms with E-state index < -0.39 is 0 Å². The fourth-order valence-corrected chi connectivity index (χ4v) is 3.57. The molecule has 1 unspecified atom stereocenters. The Bertz CT molecular complexity index is 394. The maximum Gasteiger partial charge on any atom is 0.242 e. The normalized spacial score (nSPS) is 19.1. The van der Waals surface area contributed by atoms with E-state index in [4.69, 9.17) is 5.41 Å². The van der Waals surface area contributed by atoms with Crippen LogP contribution >= 0.6 is 11.8 Å². The molecular formula is C16H28N2O2S. The molecule has 5 heteroatoms. The first-order valence-corrected chi connectivity index (χ1v) is 8.88. The van der Waals surface area contributed by atoms with Gasteiger partial charge in [-0.2, -0.15) is 0 Å². The number of carbonyl (C=O) groups excluding carboxylic acids is 2. The predicted octanol–water partition coefficient (Wildman–Crippen LogP) is 3.35. The highest BCUT2D eigenvalue weighted by molar-refractivity contribution is 8.00. The van der Waals surface area contributed by atoms with E-state index in [0.29, 0.717) is 24.8 Å². The van der Waals surface area contributed by atoms with Gasteiger partial charge in [0.1, 0.15) is 0 Å². The molecule has 120 valence electrons. The number of nitrogens with one attached hydrogen (secondary N) is 1. The van der Waals surface area contributed by atoms with Gasteiger partial charge in [0, 0.05) is 18.7 Å². The van der Waals surface area contributed by atoms with Crippen molar-refractivity contribution >= 4 is 29.3 Å². The lowest BCUT2D eigenvalue weighted by Gasteiger charge is -2.17. The van der Waals surface area contributed by atoms with Crippen molar-refractivity contribution in [3.05, 3.63) is 0 Å². The van der Waals surface area contributed by atoms with Crippen LogP contribution in [0.1, 0.15) is 53.4 Å². The number of imide groups is 1. The smallest absolute Gasteiger partial charge is 0.242 e. The number of amides is 2. The van der Waals surface area contributed by atoms with Crippen LogP contribution in [-0.4, -0.2) is 40.0 Å². The second-order valence-electron chi connectivity index (χ2n) is 6.61. The maximum absolute atomic E-state index is 12.2. The first-order chi connectivity index (χ1) is 9.81. The first-order valence-electron chi connectivity index (χ1n) is 7.83. The van der Waals surface area contributed by atoms with Crippen LogP contribution in [0.25, 0.3) is 0 Å². The topological polar surface area (TPSA) is 61.2 Å². The van der Waals surface area contributed by atoms with Crippen molar-refractivity contribution in [2.45, 2.75) is 58.6 Å². The molecule has 1 fully saturated rings. The van der Waals surface area contributed by atoms with E-state index in [1.54, 1.807) is 11.8 Å². The molecule has 0 aromatic rings. The number of likely N-dealkylation sites (tertiary alicyclic amines) is 1. The van der Waals surface area contributed by atoms with Gasteiger partial charge in [-0.05, 0) is 36.9 Å². The lowest BCUT2D eigenvalue weighted by Crippen LogP contribution is -2.34. The van der Waals surface area contributed by atoms with Gasteiger partial charge in [0.25, 0.3) is 0 Å². The van der Waals surface area contributed by atoms with E-state index in [-0.39, 0.29) is 17.1 Å². The number of hydrogen-bond acceptors (Lipinski definition) is 4. The van der Waals surface area contributed by atoms with Crippen LogP contribution < -0.4 is 0 Å². The number of thioether (sulfide) groups is 1. The summed E-state index contributed by atoms with van der Waals surface area (Å²) in [5.74, 6) is 1.65. The summed E-state index contributed by atoms with van der Waals surface area (Å²) < 4.78 is 0. The minimum Gasteiger partial charge on any atom is -0.310 e. The molecule has 1 atom stereocenters. The Hall–Kier alpha value is -0.840. The Kier molecular flexibility index (Phi) is 7.43. The van der Waals surface area contributed by atoms with E-state index in [2.05, 4.69) is 13.8 Å². The summed E-state index contributed by atoms with van der Waals surface area (Å²) in [6.45, 7) is 8.81. The van der Waals surface area contributed by atoms with Crippen LogP contribution in [0.2, 0.25) is 0 Å². The summed E-state index contributed by atoms with van der Waals surface area (Å²) in [5.41, 5.74) is 0.792. The quantitative estimate of drug-likeness (QED) is 0.403. The van der Waals surface area contributed by atoms with E-state index >= 15 is 0 Å². The highest BCUT2D eigenvalue weighted by Gasteiger charge is 2.38. The molecule has 1 saturated heterocycles. The molecule has 0 radical (unpaired) electrons. The van der Waals surface area contributed by atoms with E-state index in [9.17, 15) is 9.59 Å². The monoisotopic (exact) mass is 312 g/mol. The van der Waals surface area contributed by atoms with Gasteiger partial charge >= 0.3 is 0 Å². The average molecular weight is 312 g/mol. The highest BCUT2D eigenvalue weighted by Crippen LogP contribution is 2.26. The first kappa shape index (κ1) is 18.2. The summed E-state index contributed by atoms with van der Waals surface area (Å²) >= 11 is 1.58. The molecule has 1 N–H and O–H groups in total. The summed E-state index contributed by atoms with van der Waals surface area (Å²) in [4.78, 5) is 25.4.